The highest BCUT2D eigenvalue weighted by atomic mass is 79.9. The van der Waals surface area contributed by atoms with E-state index in [2.05, 4.69) is 31.3 Å². The van der Waals surface area contributed by atoms with E-state index in [4.69, 9.17) is 11.6 Å². The predicted octanol–water partition coefficient (Wildman–Crippen LogP) is 4.30. The van der Waals surface area contributed by atoms with Crippen LogP contribution in [0.15, 0.2) is 59.6 Å². The Morgan fingerprint density at radius 2 is 2.05 bits per heavy atom. The molecule has 4 nitrogen and oxygen atoms in total. The minimum Gasteiger partial charge on any atom is -0.379 e. The number of rotatable bonds is 4. The van der Waals surface area contributed by atoms with Gasteiger partial charge in [0.2, 0.25) is 0 Å². The summed E-state index contributed by atoms with van der Waals surface area (Å²) in [6, 6.07) is 13.9. The van der Waals surface area contributed by atoms with E-state index in [0.29, 0.717) is 11.6 Å². The fourth-order valence-electron chi connectivity index (χ4n) is 2.00. The first-order valence-corrected chi connectivity index (χ1v) is 7.53. The fourth-order valence-corrected chi connectivity index (χ4v) is 2.55. The zero-order chi connectivity index (χ0) is 14.7. The smallest absolute Gasteiger partial charge is 0.138 e. The van der Waals surface area contributed by atoms with Gasteiger partial charge in [0.15, 0.2) is 0 Å². The number of nitrogens with one attached hydrogen (secondary N) is 1. The molecule has 0 saturated heterocycles. The molecule has 21 heavy (non-hydrogen) atoms. The molecule has 0 aliphatic carbocycles. The van der Waals surface area contributed by atoms with Crippen molar-refractivity contribution in [1.29, 1.82) is 0 Å². The minimum atomic E-state index is 0.696. The first-order chi connectivity index (χ1) is 10.2. The monoisotopic (exact) mass is 362 g/mol. The van der Waals surface area contributed by atoms with Crippen molar-refractivity contribution >= 4 is 33.2 Å². The summed E-state index contributed by atoms with van der Waals surface area (Å²) in [4.78, 5) is 3.98. The number of anilines is 1. The molecular weight excluding hydrogens is 352 g/mol. The Bertz CT molecular complexity index is 743. The SMILES string of the molecule is Clc1ccc(CNc2ccccc2-n2cncn2)cc1Br. The number of nitrogens with zero attached hydrogens (tertiary/aromatic N) is 3. The van der Waals surface area contributed by atoms with Crippen LogP contribution in [0.5, 0.6) is 0 Å². The van der Waals surface area contributed by atoms with E-state index in [9.17, 15) is 0 Å². The Labute approximate surface area is 135 Å². The van der Waals surface area contributed by atoms with Gasteiger partial charge in [0, 0.05) is 11.0 Å². The van der Waals surface area contributed by atoms with E-state index < -0.39 is 0 Å². The molecule has 106 valence electrons. The van der Waals surface area contributed by atoms with Crippen LogP contribution in [0.2, 0.25) is 5.02 Å². The van der Waals surface area contributed by atoms with Gasteiger partial charge in [-0.15, -0.1) is 0 Å². The van der Waals surface area contributed by atoms with E-state index in [0.717, 1.165) is 21.4 Å². The van der Waals surface area contributed by atoms with Crippen LogP contribution in [0, 0.1) is 0 Å². The average Bonchev–Trinajstić information content (AvgIpc) is 3.03. The quantitative estimate of drug-likeness (QED) is 0.751. The molecule has 0 atom stereocenters. The molecule has 3 aromatic rings. The summed E-state index contributed by atoms with van der Waals surface area (Å²) in [6.45, 7) is 0.696. The Morgan fingerprint density at radius 3 is 2.81 bits per heavy atom. The van der Waals surface area contributed by atoms with Crippen molar-refractivity contribution < 1.29 is 0 Å². The third-order valence-corrected chi connectivity index (χ3v) is 4.25. The lowest BCUT2D eigenvalue weighted by atomic mass is 10.2. The zero-order valence-corrected chi connectivity index (χ0v) is 13.3. The van der Waals surface area contributed by atoms with Crippen molar-refractivity contribution in [2.45, 2.75) is 6.54 Å². The van der Waals surface area contributed by atoms with Gasteiger partial charge in [-0.3, -0.25) is 0 Å². The average molecular weight is 364 g/mol. The second-order valence-electron chi connectivity index (χ2n) is 4.46. The van der Waals surface area contributed by atoms with Gasteiger partial charge in [-0.05, 0) is 45.8 Å². The Hall–Kier alpha value is -1.85. The highest BCUT2D eigenvalue weighted by molar-refractivity contribution is 9.10. The van der Waals surface area contributed by atoms with Crippen LogP contribution >= 0.6 is 27.5 Å². The molecule has 0 spiro atoms. The highest BCUT2D eigenvalue weighted by Gasteiger charge is 2.05. The van der Waals surface area contributed by atoms with Crippen molar-refractivity contribution in [3.8, 4) is 5.69 Å². The number of para-hydroxylation sites is 2. The highest BCUT2D eigenvalue weighted by Crippen LogP contribution is 2.24. The molecule has 3 rings (SSSR count). The molecule has 0 unspecified atom stereocenters. The van der Waals surface area contributed by atoms with Gasteiger partial charge in [-0.25, -0.2) is 9.67 Å². The van der Waals surface area contributed by atoms with E-state index in [1.54, 1.807) is 11.0 Å². The Kier molecular flexibility index (Phi) is 4.22. The lowest BCUT2D eigenvalue weighted by Gasteiger charge is -2.12. The number of benzene rings is 2. The molecular formula is C15H12BrClN4. The lowest BCUT2D eigenvalue weighted by Crippen LogP contribution is -2.04. The summed E-state index contributed by atoms with van der Waals surface area (Å²) < 4.78 is 2.63. The molecule has 0 radical (unpaired) electrons. The van der Waals surface area contributed by atoms with Gasteiger partial charge >= 0.3 is 0 Å². The zero-order valence-electron chi connectivity index (χ0n) is 11.0. The van der Waals surface area contributed by atoms with Crippen LogP contribution in [0.3, 0.4) is 0 Å². The van der Waals surface area contributed by atoms with Crippen LogP contribution < -0.4 is 5.32 Å². The van der Waals surface area contributed by atoms with Gasteiger partial charge in [0.25, 0.3) is 0 Å². The van der Waals surface area contributed by atoms with Gasteiger partial charge in [-0.1, -0.05) is 29.8 Å². The number of aromatic nitrogens is 3. The normalized spacial score (nSPS) is 10.6. The molecule has 0 aliphatic heterocycles. The summed E-state index contributed by atoms with van der Waals surface area (Å²) in [6.07, 6.45) is 3.20. The summed E-state index contributed by atoms with van der Waals surface area (Å²) in [5.41, 5.74) is 3.09. The molecule has 1 aromatic heterocycles. The molecule has 0 amide bonds. The number of hydrogen-bond donors (Lipinski definition) is 1. The maximum Gasteiger partial charge on any atom is 0.138 e. The minimum absolute atomic E-state index is 0.696. The second kappa shape index (κ2) is 6.28. The van der Waals surface area contributed by atoms with Crippen molar-refractivity contribution in [1.82, 2.24) is 14.8 Å². The molecule has 6 heteroatoms. The first-order valence-electron chi connectivity index (χ1n) is 6.36. The predicted molar refractivity (Wildman–Crippen MR) is 87.8 cm³/mol. The lowest BCUT2D eigenvalue weighted by molar-refractivity contribution is 0.878. The van der Waals surface area contributed by atoms with Gasteiger partial charge in [-0.2, -0.15) is 5.10 Å². The standard InChI is InChI=1S/C15H12BrClN4/c16-12-7-11(5-6-13(12)17)8-19-14-3-1-2-4-15(14)21-10-18-9-20-21/h1-7,9-10,19H,8H2. The molecule has 0 aliphatic rings. The Balaban J connectivity index is 1.81. The summed E-state index contributed by atoms with van der Waals surface area (Å²) in [5.74, 6) is 0. The van der Waals surface area contributed by atoms with Crippen molar-refractivity contribution in [2.24, 2.45) is 0 Å². The number of halogens is 2. The van der Waals surface area contributed by atoms with Crippen LogP contribution in [0.4, 0.5) is 5.69 Å². The maximum absolute atomic E-state index is 6.00. The second-order valence-corrected chi connectivity index (χ2v) is 5.72. The largest absolute Gasteiger partial charge is 0.379 e. The Morgan fingerprint density at radius 1 is 1.19 bits per heavy atom. The molecule has 1 N–H and O–H groups in total. The summed E-state index contributed by atoms with van der Waals surface area (Å²) >= 11 is 9.44. The van der Waals surface area contributed by atoms with Crippen molar-refractivity contribution in [2.75, 3.05) is 5.32 Å². The summed E-state index contributed by atoms with van der Waals surface area (Å²) in [5, 5.41) is 8.29. The van der Waals surface area contributed by atoms with Crippen LogP contribution in [-0.2, 0) is 6.54 Å². The third kappa shape index (κ3) is 3.25. The molecule has 0 bridgehead atoms. The van der Waals surface area contributed by atoms with Gasteiger partial charge in [0.1, 0.15) is 12.7 Å². The van der Waals surface area contributed by atoms with Crippen LogP contribution in [0.25, 0.3) is 5.69 Å². The van der Waals surface area contributed by atoms with Crippen LogP contribution in [0.1, 0.15) is 5.56 Å². The molecule has 2 aromatic carbocycles. The molecule has 0 fully saturated rings. The van der Waals surface area contributed by atoms with E-state index >= 15 is 0 Å². The van der Waals surface area contributed by atoms with Crippen LogP contribution in [-0.4, -0.2) is 14.8 Å². The molecule has 1 heterocycles. The first kappa shape index (κ1) is 14.1. The topological polar surface area (TPSA) is 42.7 Å². The fraction of sp³-hybridized carbons (Fsp3) is 0.0667. The van der Waals surface area contributed by atoms with Gasteiger partial charge < -0.3 is 5.32 Å². The van der Waals surface area contributed by atoms with E-state index in [-0.39, 0.29) is 0 Å². The van der Waals surface area contributed by atoms with E-state index in [1.807, 2.05) is 42.5 Å². The van der Waals surface area contributed by atoms with Crippen molar-refractivity contribution in [3.05, 3.63) is 70.2 Å². The summed E-state index contributed by atoms with van der Waals surface area (Å²) in [7, 11) is 0. The molecule has 0 saturated carbocycles. The third-order valence-electron chi connectivity index (χ3n) is 3.04. The van der Waals surface area contributed by atoms with E-state index in [1.165, 1.54) is 6.33 Å². The van der Waals surface area contributed by atoms with Gasteiger partial charge in [0.05, 0.1) is 16.4 Å². The maximum atomic E-state index is 6.00. The number of hydrogen-bond acceptors (Lipinski definition) is 3. The van der Waals surface area contributed by atoms with Crippen molar-refractivity contribution in [3.63, 3.8) is 0 Å².